The fourth-order valence-corrected chi connectivity index (χ4v) is 3.74. The highest BCUT2D eigenvalue weighted by Crippen LogP contribution is 2.14. The lowest BCUT2D eigenvalue weighted by molar-refractivity contribution is 0.125. The predicted octanol–water partition coefficient (Wildman–Crippen LogP) is 9.34. The molecule has 0 unspecified atom stereocenters. The van der Waals surface area contributed by atoms with Crippen molar-refractivity contribution in [2.45, 2.75) is 143 Å². The third-order valence-corrected chi connectivity index (χ3v) is 5.64. The molecule has 0 rings (SSSR count). The first-order valence-corrected chi connectivity index (χ1v) is 12.7. The molecule has 0 aromatic rings. The quantitative estimate of drug-likeness (QED) is 0.169. The largest absolute Gasteiger partial charge is 0.381 e. The molecule has 1 nitrogen and oxygen atoms in total. The van der Waals surface area contributed by atoms with Crippen LogP contribution in [-0.2, 0) is 4.74 Å². The van der Waals surface area contributed by atoms with Gasteiger partial charge in [-0.15, -0.1) is 0 Å². The summed E-state index contributed by atoms with van der Waals surface area (Å²) in [4.78, 5) is 0. The Morgan fingerprint density at radius 1 is 0.370 bits per heavy atom. The summed E-state index contributed by atoms with van der Waals surface area (Å²) in [6, 6.07) is 0. The normalized spacial score (nSPS) is 11.8. The van der Waals surface area contributed by atoms with Gasteiger partial charge in [-0.1, -0.05) is 130 Å². The summed E-state index contributed by atoms with van der Waals surface area (Å²) in [5.41, 5.74) is 0. The topological polar surface area (TPSA) is 9.23 Å². The predicted molar refractivity (Wildman–Crippen MR) is 124 cm³/mol. The van der Waals surface area contributed by atoms with Crippen molar-refractivity contribution in [1.29, 1.82) is 0 Å². The molecule has 0 N–H and O–H groups in total. The first kappa shape index (κ1) is 27.0. The maximum Gasteiger partial charge on any atom is 0.0466 e. The summed E-state index contributed by atoms with van der Waals surface area (Å²) < 4.78 is 5.80. The maximum atomic E-state index is 5.80. The van der Waals surface area contributed by atoms with E-state index in [1.54, 1.807) is 0 Å². The number of hydrogen-bond donors (Lipinski definition) is 0. The van der Waals surface area contributed by atoms with E-state index in [9.17, 15) is 0 Å². The second kappa shape index (κ2) is 22.3. The van der Waals surface area contributed by atoms with Crippen molar-refractivity contribution in [1.82, 2.24) is 0 Å². The summed E-state index contributed by atoms with van der Waals surface area (Å²) in [6.07, 6.45) is 25.3. The first-order chi connectivity index (χ1) is 13.1. The minimum Gasteiger partial charge on any atom is -0.381 e. The highest BCUT2D eigenvalue weighted by molar-refractivity contribution is 4.51. The van der Waals surface area contributed by atoms with Gasteiger partial charge in [0.1, 0.15) is 0 Å². The van der Waals surface area contributed by atoms with E-state index in [4.69, 9.17) is 4.74 Å². The Bertz CT molecular complexity index is 233. The van der Waals surface area contributed by atoms with Gasteiger partial charge in [0.05, 0.1) is 0 Å². The standard InChI is InChI=1S/C26H54O/c1-25(2)21-17-13-9-5-7-11-15-19-23-27-24-20-16-12-8-6-10-14-18-22-26(3)4/h25-26H,5-24H2,1-4H3. The molecule has 0 saturated carbocycles. The van der Waals surface area contributed by atoms with Gasteiger partial charge in [0.25, 0.3) is 0 Å². The Morgan fingerprint density at radius 3 is 0.926 bits per heavy atom. The molecule has 164 valence electrons. The molecule has 0 radical (unpaired) electrons. The zero-order valence-corrected chi connectivity index (χ0v) is 19.7. The third-order valence-electron chi connectivity index (χ3n) is 5.64. The Balaban J connectivity index is 2.99. The summed E-state index contributed by atoms with van der Waals surface area (Å²) >= 11 is 0. The zero-order valence-electron chi connectivity index (χ0n) is 19.7. The second-order valence-electron chi connectivity index (χ2n) is 9.63. The van der Waals surface area contributed by atoms with Gasteiger partial charge in [0.2, 0.25) is 0 Å². The van der Waals surface area contributed by atoms with Gasteiger partial charge in [0, 0.05) is 13.2 Å². The Kier molecular flexibility index (Phi) is 22.2. The van der Waals surface area contributed by atoms with Gasteiger partial charge in [-0.3, -0.25) is 0 Å². The average Bonchev–Trinajstić information content (AvgIpc) is 2.62. The average molecular weight is 383 g/mol. The van der Waals surface area contributed by atoms with Gasteiger partial charge < -0.3 is 4.74 Å². The van der Waals surface area contributed by atoms with Gasteiger partial charge >= 0.3 is 0 Å². The van der Waals surface area contributed by atoms with Crippen molar-refractivity contribution in [3.8, 4) is 0 Å². The van der Waals surface area contributed by atoms with Crippen molar-refractivity contribution in [3.63, 3.8) is 0 Å². The number of hydrogen-bond acceptors (Lipinski definition) is 1. The van der Waals surface area contributed by atoms with Gasteiger partial charge in [-0.2, -0.15) is 0 Å². The number of ether oxygens (including phenoxy) is 1. The molecule has 0 aromatic heterocycles. The number of rotatable bonds is 22. The minimum absolute atomic E-state index is 0.884. The van der Waals surface area contributed by atoms with E-state index in [1.165, 1.54) is 116 Å². The molecule has 0 spiro atoms. The SMILES string of the molecule is CC(C)CCCCCCCCCCOCCCCCCCCCCC(C)C. The van der Waals surface area contributed by atoms with Crippen molar-refractivity contribution < 1.29 is 4.74 Å². The van der Waals surface area contributed by atoms with Crippen LogP contribution in [0.1, 0.15) is 143 Å². The molecule has 0 aliphatic carbocycles. The molecule has 0 aliphatic heterocycles. The molecule has 0 aromatic carbocycles. The van der Waals surface area contributed by atoms with E-state index in [-0.39, 0.29) is 0 Å². The highest BCUT2D eigenvalue weighted by atomic mass is 16.5. The highest BCUT2D eigenvalue weighted by Gasteiger charge is 1.97. The maximum absolute atomic E-state index is 5.80. The van der Waals surface area contributed by atoms with Crippen molar-refractivity contribution in [2.24, 2.45) is 11.8 Å². The Morgan fingerprint density at radius 2 is 0.630 bits per heavy atom. The van der Waals surface area contributed by atoms with Crippen LogP contribution >= 0.6 is 0 Å². The van der Waals surface area contributed by atoms with E-state index in [1.807, 2.05) is 0 Å². The summed E-state index contributed by atoms with van der Waals surface area (Å²) in [5, 5.41) is 0. The van der Waals surface area contributed by atoms with Crippen molar-refractivity contribution in [2.75, 3.05) is 13.2 Å². The fourth-order valence-electron chi connectivity index (χ4n) is 3.74. The van der Waals surface area contributed by atoms with Crippen LogP contribution in [0.4, 0.5) is 0 Å². The van der Waals surface area contributed by atoms with Crippen LogP contribution in [0.2, 0.25) is 0 Å². The van der Waals surface area contributed by atoms with Gasteiger partial charge in [-0.05, 0) is 24.7 Å². The third kappa shape index (κ3) is 26.0. The van der Waals surface area contributed by atoms with Crippen molar-refractivity contribution >= 4 is 0 Å². The molecule has 0 bridgehead atoms. The molecule has 0 saturated heterocycles. The first-order valence-electron chi connectivity index (χ1n) is 12.7. The minimum atomic E-state index is 0.884. The van der Waals surface area contributed by atoms with E-state index in [0.29, 0.717) is 0 Å². The van der Waals surface area contributed by atoms with Crippen LogP contribution < -0.4 is 0 Å². The van der Waals surface area contributed by atoms with E-state index in [2.05, 4.69) is 27.7 Å². The van der Waals surface area contributed by atoms with E-state index >= 15 is 0 Å². The Hall–Kier alpha value is -0.0400. The molecular weight excluding hydrogens is 328 g/mol. The second-order valence-corrected chi connectivity index (χ2v) is 9.63. The Labute approximate surface area is 173 Å². The van der Waals surface area contributed by atoms with Crippen LogP contribution in [0, 0.1) is 11.8 Å². The van der Waals surface area contributed by atoms with Crippen LogP contribution in [-0.4, -0.2) is 13.2 Å². The monoisotopic (exact) mass is 382 g/mol. The lowest BCUT2D eigenvalue weighted by atomic mass is 10.0. The summed E-state index contributed by atoms with van der Waals surface area (Å²) in [5.74, 6) is 1.77. The van der Waals surface area contributed by atoms with E-state index < -0.39 is 0 Å². The van der Waals surface area contributed by atoms with Gasteiger partial charge in [-0.25, -0.2) is 0 Å². The van der Waals surface area contributed by atoms with Crippen LogP contribution in [0.5, 0.6) is 0 Å². The molecule has 0 atom stereocenters. The molecule has 0 aliphatic rings. The lowest BCUT2D eigenvalue weighted by Gasteiger charge is -2.06. The lowest BCUT2D eigenvalue weighted by Crippen LogP contribution is -1.97. The summed E-state index contributed by atoms with van der Waals surface area (Å²) in [6.45, 7) is 11.3. The zero-order chi connectivity index (χ0) is 20.0. The fraction of sp³-hybridized carbons (Fsp3) is 1.00. The summed E-state index contributed by atoms with van der Waals surface area (Å²) in [7, 11) is 0. The molecular formula is C26H54O. The molecule has 0 amide bonds. The van der Waals surface area contributed by atoms with Crippen molar-refractivity contribution in [3.05, 3.63) is 0 Å². The van der Waals surface area contributed by atoms with Crippen LogP contribution in [0.3, 0.4) is 0 Å². The molecule has 0 fully saturated rings. The van der Waals surface area contributed by atoms with Gasteiger partial charge in [0.15, 0.2) is 0 Å². The smallest absolute Gasteiger partial charge is 0.0466 e. The van der Waals surface area contributed by atoms with Crippen LogP contribution in [0.15, 0.2) is 0 Å². The van der Waals surface area contributed by atoms with Crippen LogP contribution in [0.25, 0.3) is 0 Å². The molecule has 27 heavy (non-hydrogen) atoms. The molecule has 0 heterocycles. The molecule has 1 heteroatoms. The van der Waals surface area contributed by atoms with E-state index in [0.717, 1.165) is 25.0 Å². The number of unbranched alkanes of at least 4 members (excludes halogenated alkanes) is 14.